The Labute approximate surface area is 107 Å². The number of hydrogen-bond acceptors (Lipinski definition) is 4. The fourth-order valence-corrected chi connectivity index (χ4v) is 3.09. The number of methoxy groups -OCH3 is 2. The highest BCUT2D eigenvalue weighted by atomic mass is 16.5. The Morgan fingerprint density at radius 2 is 1.83 bits per heavy atom. The maximum Gasteiger partial charge on any atom is 0.328 e. The van der Waals surface area contributed by atoms with E-state index >= 15 is 0 Å². The second-order valence-corrected chi connectivity index (χ2v) is 5.04. The van der Waals surface area contributed by atoms with Crippen molar-refractivity contribution in [3.8, 4) is 0 Å². The Balaban J connectivity index is 2.01. The number of hydrogen-bond donors (Lipinski definition) is 0. The largest absolute Gasteiger partial charge is 0.467 e. The van der Waals surface area contributed by atoms with Gasteiger partial charge in [-0.25, -0.2) is 4.79 Å². The van der Waals surface area contributed by atoms with Crippen LogP contribution in [0.15, 0.2) is 0 Å². The second-order valence-electron chi connectivity index (χ2n) is 5.04. The van der Waals surface area contributed by atoms with Crippen LogP contribution in [0, 0.1) is 0 Å². The molecule has 1 aliphatic carbocycles. The van der Waals surface area contributed by atoms with Crippen LogP contribution in [0.25, 0.3) is 0 Å². The quantitative estimate of drug-likeness (QED) is 0.709. The molecule has 0 aromatic carbocycles. The van der Waals surface area contributed by atoms with Gasteiger partial charge in [-0.15, -0.1) is 0 Å². The van der Waals surface area contributed by atoms with Gasteiger partial charge < -0.3 is 14.4 Å². The highest BCUT2D eigenvalue weighted by Crippen LogP contribution is 2.31. The van der Waals surface area contributed by atoms with Gasteiger partial charge in [-0.2, -0.15) is 0 Å². The molecule has 2 rings (SSSR count). The lowest BCUT2D eigenvalue weighted by molar-refractivity contribution is -0.151. The van der Waals surface area contributed by atoms with E-state index in [1.54, 1.807) is 12.0 Å². The molecule has 5 heteroatoms. The van der Waals surface area contributed by atoms with Crippen molar-refractivity contribution < 1.29 is 19.1 Å². The maximum absolute atomic E-state index is 11.9. The number of carbonyl (C=O) groups excluding carboxylic acids is 2. The van der Waals surface area contributed by atoms with Crippen molar-refractivity contribution in [1.82, 2.24) is 4.90 Å². The van der Waals surface area contributed by atoms with Crippen molar-refractivity contribution in [2.45, 2.75) is 56.7 Å². The molecule has 1 aliphatic heterocycles. The molecule has 1 atom stereocenters. The molecular weight excluding hydrogens is 234 g/mol. The van der Waals surface area contributed by atoms with Crippen LogP contribution in [0.5, 0.6) is 0 Å². The van der Waals surface area contributed by atoms with Crippen molar-refractivity contribution in [3.63, 3.8) is 0 Å². The van der Waals surface area contributed by atoms with Gasteiger partial charge in [-0.05, 0) is 32.1 Å². The molecule has 1 heterocycles. The highest BCUT2D eigenvalue weighted by molar-refractivity contribution is 5.88. The van der Waals surface area contributed by atoms with Crippen LogP contribution in [-0.2, 0) is 19.1 Å². The molecule has 5 nitrogen and oxygen atoms in total. The summed E-state index contributed by atoms with van der Waals surface area (Å²) in [7, 11) is 3.11. The number of rotatable bonds is 3. The van der Waals surface area contributed by atoms with Gasteiger partial charge in [0.1, 0.15) is 6.04 Å². The van der Waals surface area contributed by atoms with Gasteiger partial charge in [0.05, 0.1) is 13.2 Å². The van der Waals surface area contributed by atoms with Gasteiger partial charge in [-0.1, -0.05) is 0 Å². The van der Waals surface area contributed by atoms with Crippen molar-refractivity contribution in [3.05, 3.63) is 0 Å². The first-order valence-electron chi connectivity index (χ1n) is 6.59. The van der Waals surface area contributed by atoms with E-state index in [0.717, 1.165) is 25.7 Å². The van der Waals surface area contributed by atoms with Crippen LogP contribution >= 0.6 is 0 Å². The molecule has 0 aromatic rings. The van der Waals surface area contributed by atoms with E-state index in [9.17, 15) is 9.59 Å². The SMILES string of the molecule is COC(=O)C1CCC(=O)N1C1CCC(OC)CC1. The highest BCUT2D eigenvalue weighted by Gasteiger charge is 2.41. The minimum Gasteiger partial charge on any atom is -0.467 e. The predicted octanol–water partition coefficient (Wildman–Crippen LogP) is 1.11. The predicted molar refractivity (Wildman–Crippen MR) is 64.9 cm³/mol. The van der Waals surface area contributed by atoms with Gasteiger partial charge >= 0.3 is 5.97 Å². The first-order chi connectivity index (χ1) is 8.67. The van der Waals surface area contributed by atoms with E-state index < -0.39 is 0 Å². The average molecular weight is 255 g/mol. The minimum absolute atomic E-state index is 0.0891. The van der Waals surface area contributed by atoms with Crippen LogP contribution in [0.3, 0.4) is 0 Å². The Morgan fingerprint density at radius 1 is 1.17 bits per heavy atom. The van der Waals surface area contributed by atoms with Gasteiger partial charge in [-0.3, -0.25) is 4.79 Å². The molecule has 2 aliphatic rings. The first kappa shape index (κ1) is 13.3. The van der Waals surface area contributed by atoms with Crippen LogP contribution in [0.2, 0.25) is 0 Å². The van der Waals surface area contributed by atoms with Gasteiger partial charge in [0.25, 0.3) is 0 Å². The van der Waals surface area contributed by atoms with E-state index in [4.69, 9.17) is 9.47 Å². The zero-order chi connectivity index (χ0) is 13.1. The third-order valence-corrected chi connectivity index (χ3v) is 4.10. The lowest BCUT2D eigenvalue weighted by Crippen LogP contribution is -2.47. The standard InChI is InChI=1S/C13H21NO4/c1-17-10-5-3-9(4-6-10)14-11(13(16)18-2)7-8-12(14)15/h9-11H,3-8H2,1-2H3. The molecule has 1 saturated carbocycles. The summed E-state index contributed by atoms with van der Waals surface area (Å²) in [6.07, 6.45) is 5.10. The fraction of sp³-hybridized carbons (Fsp3) is 0.846. The fourth-order valence-electron chi connectivity index (χ4n) is 3.09. The summed E-state index contributed by atoms with van der Waals surface area (Å²) in [5.74, 6) is -0.194. The summed E-state index contributed by atoms with van der Waals surface area (Å²) >= 11 is 0. The number of esters is 1. The van der Waals surface area contributed by atoms with Crippen LogP contribution in [-0.4, -0.2) is 49.2 Å². The normalized spacial score (nSPS) is 32.7. The molecule has 102 valence electrons. The van der Waals surface area contributed by atoms with E-state index in [0.29, 0.717) is 18.9 Å². The first-order valence-corrected chi connectivity index (χ1v) is 6.59. The van der Waals surface area contributed by atoms with Crippen molar-refractivity contribution >= 4 is 11.9 Å². The molecule has 2 fully saturated rings. The zero-order valence-corrected chi connectivity index (χ0v) is 11.1. The number of likely N-dealkylation sites (tertiary alicyclic amines) is 1. The summed E-state index contributed by atoms with van der Waals surface area (Å²) < 4.78 is 10.1. The van der Waals surface area contributed by atoms with E-state index in [-0.39, 0.29) is 24.0 Å². The lowest BCUT2D eigenvalue weighted by atomic mass is 9.91. The molecule has 0 radical (unpaired) electrons. The van der Waals surface area contributed by atoms with Crippen molar-refractivity contribution in [1.29, 1.82) is 0 Å². The molecule has 1 amide bonds. The van der Waals surface area contributed by atoms with E-state index in [1.807, 2.05) is 0 Å². The Hall–Kier alpha value is -1.10. The number of carbonyl (C=O) groups is 2. The lowest BCUT2D eigenvalue weighted by Gasteiger charge is -2.36. The number of amides is 1. The maximum atomic E-state index is 11.9. The molecule has 1 saturated heterocycles. The smallest absolute Gasteiger partial charge is 0.328 e. The minimum atomic E-state index is -0.369. The van der Waals surface area contributed by atoms with Crippen molar-refractivity contribution in [2.75, 3.05) is 14.2 Å². The summed E-state index contributed by atoms with van der Waals surface area (Å²) in [5.41, 5.74) is 0. The third kappa shape index (κ3) is 2.51. The van der Waals surface area contributed by atoms with E-state index in [2.05, 4.69) is 0 Å². The molecule has 0 aromatic heterocycles. The monoisotopic (exact) mass is 255 g/mol. The number of ether oxygens (including phenoxy) is 2. The van der Waals surface area contributed by atoms with Crippen molar-refractivity contribution in [2.24, 2.45) is 0 Å². The topological polar surface area (TPSA) is 55.8 Å². The Morgan fingerprint density at radius 3 is 2.39 bits per heavy atom. The molecule has 0 N–H and O–H groups in total. The second kappa shape index (κ2) is 5.69. The molecule has 1 unspecified atom stereocenters. The Kier molecular flexibility index (Phi) is 4.22. The van der Waals surface area contributed by atoms with Crippen LogP contribution < -0.4 is 0 Å². The summed E-state index contributed by atoms with van der Waals surface area (Å²) in [4.78, 5) is 25.4. The van der Waals surface area contributed by atoms with Crippen LogP contribution in [0.4, 0.5) is 0 Å². The molecule has 18 heavy (non-hydrogen) atoms. The molecule has 0 bridgehead atoms. The number of nitrogens with zero attached hydrogens (tertiary/aromatic N) is 1. The van der Waals surface area contributed by atoms with E-state index in [1.165, 1.54) is 7.11 Å². The van der Waals surface area contributed by atoms with Crippen LogP contribution in [0.1, 0.15) is 38.5 Å². The van der Waals surface area contributed by atoms with Gasteiger partial charge in [0, 0.05) is 19.6 Å². The average Bonchev–Trinajstić information content (AvgIpc) is 2.80. The summed E-state index contributed by atoms with van der Waals surface area (Å²) in [6, 6.07) is -0.193. The third-order valence-electron chi connectivity index (χ3n) is 4.10. The molecule has 0 spiro atoms. The van der Waals surface area contributed by atoms with Gasteiger partial charge in [0.15, 0.2) is 0 Å². The summed E-state index contributed by atoms with van der Waals surface area (Å²) in [5, 5.41) is 0. The Bertz CT molecular complexity index is 323. The molecular formula is C13H21NO4. The zero-order valence-electron chi connectivity index (χ0n) is 11.1. The van der Waals surface area contributed by atoms with Gasteiger partial charge in [0.2, 0.25) is 5.91 Å². The summed E-state index contributed by atoms with van der Waals surface area (Å²) in [6.45, 7) is 0.